The number of para-hydroxylation sites is 1. The number of carbonyl (C=O) groups excluding carboxylic acids is 1. The summed E-state index contributed by atoms with van der Waals surface area (Å²) in [5.74, 6) is -0.0746. The zero-order chi connectivity index (χ0) is 13.9. The van der Waals surface area contributed by atoms with E-state index >= 15 is 0 Å². The second-order valence-electron chi connectivity index (χ2n) is 5.06. The molecule has 1 aliphatic heterocycles. The Morgan fingerprint density at radius 3 is 3.05 bits per heavy atom. The average Bonchev–Trinajstić information content (AvgIpc) is 2.91. The molecule has 1 amide bonds. The molecular formula is C15H17N3O2. The van der Waals surface area contributed by atoms with Crippen molar-refractivity contribution in [3.63, 3.8) is 0 Å². The van der Waals surface area contributed by atoms with Crippen molar-refractivity contribution in [3.05, 3.63) is 42.1 Å². The average molecular weight is 271 g/mol. The topological polar surface area (TPSA) is 74.2 Å². The van der Waals surface area contributed by atoms with Gasteiger partial charge in [-0.2, -0.15) is 0 Å². The molecule has 2 heterocycles. The van der Waals surface area contributed by atoms with Gasteiger partial charge in [0.05, 0.1) is 17.7 Å². The number of benzene rings is 1. The van der Waals surface area contributed by atoms with E-state index in [1.54, 1.807) is 6.20 Å². The summed E-state index contributed by atoms with van der Waals surface area (Å²) in [5, 5.41) is 16.4. The first kappa shape index (κ1) is 13.0. The number of nitrogens with one attached hydrogen (secondary N) is 2. The molecule has 3 rings (SSSR count). The van der Waals surface area contributed by atoms with Gasteiger partial charge in [-0.15, -0.1) is 0 Å². The number of hydrogen-bond acceptors (Lipinski definition) is 4. The van der Waals surface area contributed by atoms with Gasteiger partial charge in [0.1, 0.15) is 0 Å². The molecule has 1 aromatic carbocycles. The minimum atomic E-state index is -0.426. The Balaban J connectivity index is 1.69. The number of nitrogens with zero attached hydrogens (tertiary/aromatic N) is 1. The summed E-state index contributed by atoms with van der Waals surface area (Å²) in [6.07, 6.45) is 1.80. The Bertz CT molecular complexity index is 624. The zero-order valence-electron chi connectivity index (χ0n) is 11.0. The number of aliphatic hydroxyl groups excluding tert-OH is 1. The highest BCUT2D eigenvalue weighted by Crippen LogP contribution is 2.15. The highest BCUT2D eigenvalue weighted by molar-refractivity contribution is 5.84. The Hall–Kier alpha value is -1.98. The number of hydrogen-bond donors (Lipinski definition) is 3. The van der Waals surface area contributed by atoms with Crippen LogP contribution in [0.5, 0.6) is 0 Å². The molecule has 5 nitrogen and oxygen atoms in total. The van der Waals surface area contributed by atoms with Crippen LogP contribution in [0.3, 0.4) is 0 Å². The first-order valence-electron chi connectivity index (χ1n) is 6.76. The summed E-state index contributed by atoms with van der Waals surface area (Å²) < 4.78 is 0. The van der Waals surface area contributed by atoms with E-state index < -0.39 is 6.10 Å². The fourth-order valence-electron chi connectivity index (χ4n) is 2.53. The molecule has 0 aliphatic carbocycles. The third kappa shape index (κ3) is 2.64. The summed E-state index contributed by atoms with van der Waals surface area (Å²) in [4.78, 5) is 16.4. The van der Waals surface area contributed by atoms with E-state index in [0.717, 1.165) is 16.5 Å². The minimum absolute atomic E-state index is 0.0746. The second-order valence-corrected chi connectivity index (χ2v) is 5.06. The first-order chi connectivity index (χ1) is 9.74. The molecule has 3 N–H and O–H groups in total. The van der Waals surface area contributed by atoms with Crippen molar-refractivity contribution in [2.75, 3.05) is 6.54 Å². The molecule has 2 unspecified atom stereocenters. The lowest BCUT2D eigenvalue weighted by atomic mass is 10.1. The van der Waals surface area contributed by atoms with Crippen molar-refractivity contribution in [2.45, 2.75) is 25.1 Å². The van der Waals surface area contributed by atoms with Gasteiger partial charge < -0.3 is 15.7 Å². The molecule has 2 aromatic rings. The quantitative estimate of drug-likeness (QED) is 0.763. The largest absolute Gasteiger partial charge is 0.392 e. The molecule has 20 heavy (non-hydrogen) atoms. The Morgan fingerprint density at radius 2 is 2.25 bits per heavy atom. The van der Waals surface area contributed by atoms with Crippen LogP contribution < -0.4 is 10.6 Å². The van der Waals surface area contributed by atoms with Gasteiger partial charge >= 0.3 is 0 Å². The number of amides is 1. The lowest BCUT2D eigenvalue weighted by Gasteiger charge is -2.12. The maximum atomic E-state index is 12.0. The lowest BCUT2D eigenvalue weighted by molar-refractivity contribution is -0.123. The number of rotatable bonds is 3. The summed E-state index contributed by atoms with van der Waals surface area (Å²) in [7, 11) is 0. The van der Waals surface area contributed by atoms with Crippen LogP contribution in [0.2, 0.25) is 0 Å². The van der Waals surface area contributed by atoms with Crippen molar-refractivity contribution >= 4 is 16.8 Å². The molecule has 1 fully saturated rings. The molecule has 0 spiro atoms. The molecular weight excluding hydrogens is 254 g/mol. The SMILES string of the molecule is O=C(NCc1cccc2cccnc12)C1CC(O)CN1. The molecule has 1 saturated heterocycles. The highest BCUT2D eigenvalue weighted by Gasteiger charge is 2.27. The van der Waals surface area contributed by atoms with Crippen LogP contribution in [0.15, 0.2) is 36.5 Å². The van der Waals surface area contributed by atoms with E-state index in [1.807, 2.05) is 30.3 Å². The molecule has 0 radical (unpaired) electrons. The molecule has 5 heteroatoms. The van der Waals surface area contributed by atoms with Crippen LogP contribution in [-0.2, 0) is 11.3 Å². The number of β-amino-alcohol motifs (C(OH)–C–C–N with tert-alkyl or cyclic N) is 1. The normalized spacial score (nSPS) is 22.1. The van der Waals surface area contributed by atoms with Crippen molar-refractivity contribution in [1.82, 2.24) is 15.6 Å². The van der Waals surface area contributed by atoms with Gasteiger partial charge in [0.15, 0.2) is 0 Å². The number of aliphatic hydroxyl groups is 1. The minimum Gasteiger partial charge on any atom is -0.392 e. The van der Waals surface area contributed by atoms with Crippen LogP contribution in [0, 0.1) is 0 Å². The monoisotopic (exact) mass is 271 g/mol. The van der Waals surface area contributed by atoms with Crippen LogP contribution in [0.4, 0.5) is 0 Å². The van der Waals surface area contributed by atoms with Gasteiger partial charge in [-0.05, 0) is 18.1 Å². The highest BCUT2D eigenvalue weighted by atomic mass is 16.3. The Kier molecular flexibility index (Phi) is 3.62. The molecule has 0 saturated carbocycles. The van der Waals surface area contributed by atoms with Crippen LogP contribution in [0.1, 0.15) is 12.0 Å². The van der Waals surface area contributed by atoms with Crippen molar-refractivity contribution < 1.29 is 9.90 Å². The Labute approximate surface area is 117 Å². The predicted octanol–water partition coefficient (Wildman–Crippen LogP) is 0.574. The van der Waals surface area contributed by atoms with Crippen molar-refractivity contribution in [3.8, 4) is 0 Å². The van der Waals surface area contributed by atoms with E-state index in [0.29, 0.717) is 19.5 Å². The molecule has 104 valence electrons. The van der Waals surface area contributed by atoms with Gasteiger partial charge in [-0.3, -0.25) is 9.78 Å². The number of pyridine rings is 1. The number of aromatic nitrogens is 1. The predicted molar refractivity (Wildman–Crippen MR) is 76.0 cm³/mol. The molecule has 1 aliphatic rings. The van der Waals surface area contributed by atoms with Crippen LogP contribution >= 0.6 is 0 Å². The fraction of sp³-hybridized carbons (Fsp3) is 0.333. The van der Waals surface area contributed by atoms with Crippen LogP contribution in [-0.4, -0.2) is 34.7 Å². The number of fused-ring (bicyclic) bond motifs is 1. The summed E-state index contributed by atoms with van der Waals surface area (Å²) in [6.45, 7) is 0.926. The molecule has 0 bridgehead atoms. The second kappa shape index (κ2) is 5.56. The first-order valence-corrected chi connectivity index (χ1v) is 6.76. The summed E-state index contributed by atoms with van der Waals surface area (Å²) in [6, 6.07) is 9.53. The van der Waals surface area contributed by atoms with Gasteiger partial charge in [-0.1, -0.05) is 24.3 Å². The van der Waals surface area contributed by atoms with Crippen LogP contribution in [0.25, 0.3) is 10.9 Å². The lowest BCUT2D eigenvalue weighted by Crippen LogP contribution is -2.40. The van der Waals surface area contributed by atoms with E-state index in [9.17, 15) is 9.90 Å². The van der Waals surface area contributed by atoms with E-state index in [4.69, 9.17) is 0 Å². The third-order valence-electron chi connectivity index (χ3n) is 3.59. The summed E-state index contributed by atoms with van der Waals surface area (Å²) in [5.41, 5.74) is 1.91. The Morgan fingerprint density at radius 1 is 1.40 bits per heavy atom. The fourth-order valence-corrected chi connectivity index (χ4v) is 2.53. The van der Waals surface area contributed by atoms with Gasteiger partial charge in [0.25, 0.3) is 0 Å². The maximum absolute atomic E-state index is 12.0. The van der Waals surface area contributed by atoms with Gasteiger partial charge in [0, 0.05) is 24.7 Å². The van der Waals surface area contributed by atoms with Crippen molar-refractivity contribution in [1.29, 1.82) is 0 Å². The van der Waals surface area contributed by atoms with E-state index in [1.165, 1.54) is 0 Å². The zero-order valence-corrected chi connectivity index (χ0v) is 11.0. The summed E-state index contributed by atoms with van der Waals surface area (Å²) >= 11 is 0. The molecule has 2 atom stereocenters. The van der Waals surface area contributed by atoms with Gasteiger partial charge in [-0.25, -0.2) is 0 Å². The van der Waals surface area contributed by atoms with E-state index in [2.05, 4.69) is 15.6 Å². The van der Waals surface area contributed by atoms with E-state index in [-0.39, 0.29) is 11.9 Å². The maximum Gasteiger partial charge on any atom is 0.237 e. The van der Waals surface area contributed by atoms with Crippen molar-refractivity contribution in [2.24, 2.45) is 0 Å². The molecule has 1 aromatic heterocycles. The number of carbonyl (C=O) groups is 1. The third-order valence-corrected chi connectivity index (χ3v) is 3.59. The standard InChI is InChI=1S/C15H17N3O2/c19-12-7-13(17-9-12)15(20)18-8-11-4-1-3-10-5-2-6-16-14(10)11/h1-6,12-13,17,19H,7-9H2,(H,18,20). The van der Waals surface area contributed by atoms with Gasteiger partial charge in [0.2, 0.25) is 5.91 Å². The smallest absolute Gasteiger partial charge is 0.237 e.